The number of benzene rings is 2. The van der Waals surface area contributed by atoms with Crippen LogP contribution in [-0.2, 0) is 0 Å². The van der Waals surface area contributed by atoms with Crippen LogP contribution in [0.4, 0.5) is 0 Å². The zero-order valence-corrected chi connectivity index (χ0v) is 7.60. The lowest BCUT2D eigenvalue weighted by atomic mass is 10.1. The molecule has 0 bridgehead atoms. The van der Waals surface area contributed by atoms with Crippen molar-refractivity contribution in [3.63, 3.8) is 0 Å². The van der Waals surface area contributed by atoms with Crippen molar-refractivity contribution < 1.29 is 8.85 Å². The van der Waals surface area contributed by atoms with E-state index in [0.717, 1.165) is 11.1 Å². The average Bonchev–Trinajstić information content (AvgIpc) is 2.29. The lowest BCUT2D eigenvalue weighted by Gasteiger charge is -2.07. The van der Waals surface area contributed by atoms with Crippen LogP contribution in [0.15, 0.2) is 54.6 Å². The van der Waals surface area contributed by atoms with Crippen LogP contribution in [0.2, 0.25) is 0 Å². The predicted molar refractivity (Wildman–Crippen MR) is 58.4 cm³/mol. The van der Waals surface area contributed by atoms with E-state index in [9.17, 15) is 0 Å². The minimum atomic E-state index is -2.43. The van der Waals surface area contributed by atoms with Crippen LogP contribution in [0.3, 0.4) is 0 Å². The van der Waals surface area contributed by atoms with Crippen molar-refractivity contribution in [3.8, 4) is 16.9 Å². The molecule has 0 saturated heterocycles. The Hall–Kier alpha value is -1.76. The maximum absolute atomic E-state index is 7.14. The number of hydrogen-bond donors (Lipinski definition) is 0. The minimum absolute atomic E-state index is 0.374. The highest BCUT2D eigenvalue weighted by Crippen LogP contribution is 2.28. The Labute approximate surface area is 88.2 Å². The quantitative estimate of drug-likeness (QED) is 0.700. The molecule has 70 valence electrons. The molecule has 0 amide bonds. The SMILES string of the molecule is [2H]C([2H])([2H])Oc1ccccc1-c1ccccc1. The first-order chi connectivity index (χ1) is 8.06. The second kappa shape index (κ2) is 3.97. The fourth-order valence-electron chi connectivity index (χ4n) is 1.41. The van der Waals surface area contributed by atoms with Crippen molar-refractivity contribution in [2.45, 2.75) is 0 Å². The van der Waals surface area contributed by atoms with Crippen molar-refractivity contribution >= 4 is 0 Å². The maximum atomic E-state index is 7.14. The summed E-state index contributed by atoms with van der Waals surface area (Å²) in [4.78, 5) is 0. The van der Waals surface area contributed by atoms with Crippen LogP contribution in [-0.4, -0.2) is 7.04 Å². The van der Waals surface area contributed by atoms with Gasteiger partial charge in [0.15, 0.2) is 0 Å². The van der Waals surface area contributed by atoms with Gasteiger partial charge in [0.25, 0.3) is 0 Å². The summed E-state index contributed by atoms with van der Waals surface area (Å²) in [5, 5.41) is 0. The van der Waals surface area contributed by atoms with Crippen molar-refractivity contribution in [3.05, 3.63) is 54.6 Å². The molecule has 0 atom stereocenters. The van der Waals surface area contributed by atoms with Gasteiger partial charge in [-0.1, -0.05) is 48.5 Å². The van der Waals surface area contributed by atoms with E-state index in [-0.39, 0.29) is 0 Å². The third kappa shape index (κ3) is 1.62. The molecule has 0 fully saturated rings. The number of hydrogen-bond acceptors (Lipinski definition) is 1. The highest BCUT2D eigenvalue weighted by molar-refractivity contribution is 5.70. The van der Waals surface area contributed by atoms with Crippen LogP contribution in [0.25, 0.3) is 11.1 Å². The highest BCUT2D eigenvalue weighted by Gasteiger charge is 2.02. The van der Waals surface area contributed by atoms with Crippen molar-refractivity contribution in [1.29, 1.82) is 0 Å². The maximum Gasteiger partial charge on any atom is 0.126 e. The third-order valence-electron chi connectivity index (χ3n) is 2.08. The Morgan fingerprint density at radius 2 is 1.64 bits per heavy atom. The summed E-state index contributed by atoms with van der Waals surface area (Å²) in [6.07, 6.45) is 0. The van der Waals surface area contributed by atoms with E-state index >= 15 is 0 Å². The van der Waals surface area contributed by atoms with E-state index in [4.69, 9.17) is 8.85 Å². The number of methoxy groups -OCH3 is 1. The zero-order chi connectivity index (χ0) is 12.3. The lowest BCUT2D eigenvalue weighted by Crippen LogP contribution is -1.86. The molecule has 2 rings (SSSR count). The Kier molecular flexibility index (Phi) is 1.66. The van der Waals surface area contributed by atoms with Gasteiger partial charge in [-0.2, -0.15) is 0 Å². The van der Waals surface area contributed by atoms with Crippen LogP contribution >= 0.6 is 0 Å². The fraction of sp³-hybridized carbons (Fsp3) is 0.0769. The van der Waals surface area contributed by atoms with Crippen molar-refractivity contribution in [2.75, 3.05) is 7.04 Å². The Morgan fingerprint density at radius 3 is 2.43 bits per heavy atom. The van der Waals surface area contributed by atoms with Crippen molar-refractivity contribution in [1.82, 2.24) is 0 Å². The zero-order valence-electron chi connectivity index (χ0n) is 10.6. The Balaban J connectivity index is 2.41. The molecular formula is C13H12O. The molecule has 1 nitrogen and oxygen atoms in total. The normalized spacial score (nSPS) is 13.9. The first-order valence-electron chi connectivity index (χ1n) is 5.90. The Bertz CT molecular complexity index is 492. The summed E-state index contributed by atoms with van der Waals surface area (Å²) in [5.41, 5.74) is 1.72. The lowest BCUT2D eigenvalue weighted by molar-refractivity contribution is 0.416. The van der Waals surface area contributed by atoms with Gasteiger partial charge in [-0.3, -0.25) is 0 Å². The van der Waals surface area contributed by atoms with E-state index in [2.05, 4.69) is 0 Å². The topological polar surface area (TPSA) is 9.23 Å². The Morgan fingerprint density at radius 1 is 0.929 bits per heavy atom. The van der Waals surface area contributed by atoms with E-state index in [1.165, 1.54) is 0 Å². The molecule has 0 aliphatic rings. The number of rotatable bonds is 2. The van der Waals surface area contributed by atoms with Crippen LogP contribution in [0.5, 0.6) is 5.75 Å². The number of ether oxygens (including phenoxy) is 1. The second-order valence-electron chi connectivity index (χ2n) is 2.96. The highest BCUT2D eigenvalue weighted by atomic mass is 16.5. The van der Waals surface area contributed by atoms with Gasteiger partial charge in [-0.15, -0.1) is 0 Å². The summed E-state index contributed by atoms with van der Waals surface area (Å²) < 4.78 is 26.4. The molecule has 1 heteroatoms. The van der Waals surface area contributed by atoms with Gasteiger partial charge >= 0.3 is 0 Å². The first-order valence-corrected chi connectivity index (χ1v) is 4.40. The second-order valence-corrected chi connectivity index (χ2v) is 2.96. The average molecular weight is 187 g/mol. The van der Waals surface area contributed by atoms with Gasteiger partial charge in [-0.25, -0.2) is 0 Å². The van der Waals surface area contributed by atoms with E-state index < -0.39 is 7.04 Å². The first kappa shape index (κ1) is 5.86. The molecular weight excluding hydrogens is 172 g/mol. The molecule has 0 saturated carbocycles. The summed E-state index contributed by atoms with van der Waals surface area (Å²) in [5.74, 6) is 0.374. The molecule has 0 aliphatic carbocycles. The van der Waals surface area contributed by atoms with Gasteiger partial charge in [0.05, 0.1) is 11.2 Å². The summed E-state index contributed by atoms with van der Waals surface area (Å²) in [7, 11) is -2.43. The van der Waals surface area contributed by atoms with Gasteiger partial charge in [0, 0.05) is 5.56 Å². The largest absolute Gasteiger partial charge is 0.496 e. The van der Waals surface area contributed by atoms with Gasteiger partial charge < -0.3 is 4.74 Å². The van der Waals surface area contributed by atoms with Crippen LogP contribution in [0.1, 0.15) is 4.11 Å². The molecule has 0 heterocycles. The fourth-order valence-corrected chi connectivity index (χ4v) is 1.41. The molecule has 0 unspecified atom stereocenters. The molecule has 0 spiro atoms. The molecule has 0 radical (unpaired) electrons. The molecule has 0 N–H and O–H groups in total. The number of para-hydroxylation sites is 1. The van der Waals surface area contributed by atoms with Crippen LogP contribution in [0, 0.1) is 0 Å². The molecule has 2 aromatic rings. The minimum Gasteiger partial charge on any atom is -0.496 e. The van der Waals surface area contributed by atoms with Gasteiger partial charge in [0.1, 0.15) is 5.75 Å². The molecule has 2 aromatic carbocycles. The molecule has 0 aromatic heterocycles. The monoisotopic (exact) mass is 187 g/mol. The molecule has 0 aliphatic heterocycles. The smallest absolute Gasteiger partial charge is 0.126 e. The summed E-state index contributed by atoms with van der Waals surface area (Å²) >= 11 is 0. The predicted octanol–water partition coefficient (Wildman–Crippen LogP) is 3.36. The summed E-state index contributed by atoms with van der Waals surface area (Å²) in [6, 6.07) is 16.7. The standard InChI is InChI=1S/C13H12O/c1-14-13-10-6-5-9-12(13)11-7-3-2-4-8-11/h2-10H,1H3/i1D3. The summed E-state index contributed by atoms with van der Waals surface area (Å²) in [6.45, 7) is 0. The van der Waals surface area contributed by atoms with Gasteiger partial charge in [0.2, 0.25) is 0 Å². The third-order valence-corrected chi connectivity index (χ3v) is 2.08. The molecule has 14 heavy (non-hydrogen) atoms. The van der Waals surface area contributed by atoms with E-state index in [1.807, 2.05) is 42.5 Å². The van der Waals surface area contributed by atoms with Crippen LogP contribution < -0.4 is 4.74 Å². The van der Waals surface area contributed by atoms with E-state index in [0.29, 0.717) is 5.75 Å². The van der Waals surface area contributed by atoms with E-state index in [1.54, 1.807) is 12.1 Å². The van der Waals surface area contributed by atoms with Gasteiger partial charge in [-0.05, 0) is 11.6 Å². The van der Waals surface area contributed by atoms with Crippen molar-refractivity contribution in [2.24, 2.45) is 0 Å².